The zero-order valence-electron chi connectivity index (χ0n) is 20.2. The molecule has 0 fully saturated rings. The topological polar surface area (TPSA) is 100 Å². The van der Waals surface area contributed by atoms with E-state index in [9.17, 15) is 4.79 Å². The second-order valence-electron chi connectivity index (χ2n) is 8.14. The fourth-order valence-electron chi connectivity index (χ4n) is 3.86. The minimum atomic E-state index is -0.446. The summed E-state index contributed by atoms with van der Waals surface area (Å²) in [5, 5.41) is 13.6. The van der Waals surface area contributed by atoms with E-state index in [0.29, 0.717) is 16.2 Å². The second-order valence-corrected chi connectivity index (χ2v) is 8.53. The van der Waals surface area contributed by atoms with Crippen molar-refractivity contribution in [2.24, 2.45) is 0 Å². The van der Waals surface area contributed by atoms with Gasteiger partial charge >= 0.3 is 5.69 Å². The van der Waals surface area contributed by atoms with Gasteiger partial charge in [-0.3, -0.25) is 5.10 Å². The van der Waals surface area contributed by atoms with Crippen LogP contribution in [0.2, 0.25) is 0 Å². The monoisotopic (exact) mass is 514 g/mol. The molecule has 0 aliphatic rings. The second kappa shape index (κ2) is 11.8. The van der Waals surface area contributed by atoms with E-state index in [4.69, 9.17) is 12.2 Å². The highest BCUT2D eigenvalue weighted by molar-refractivity contribution is 7.71. The smallest absolute Gasteiger partial charge is 0.251 e. The fourth-order valence-corrected chi connectivity index (χ4v) is 4.00. The Balaban J connectivity index is 0.000000155. The lowest BCUT2D eigenvalue weighted by atomic mass is 10.0. The van der Waals surface area contributed by atoms with Crippen molar-refractivity contribution < 1.29 is 0 Å². The summed E-state index contributed by atoms with van der Waals surface area (Å²) < 4.78 is 0.388. The minimum absolute atomic E-state index is 0.388. The number of rotatable bonds is 4. The molecule has 6 rings (SSSR count). The van der Waals surface area contributed by atoms with Crippen LogP contribution in [0.1, 0.15) is 0 Å². The largest absolute Gasteiger partial charge is 0.361 e. The van der Waals surface area contributed by atoms with Gasteiger partial charge in [-0.05, 0) is 12.2 Å². The molecule has 2 N–H and O–H groups in total. The molecular formula is C30H22N6OS. The molecular weight excluding hydrogens is 492 g/mol. The van der Waals surface area contributed by atoms with Crippen molar-refractivity contribution in [3.63, 3.8) is 0 Å². The predicted molar refractivity (Wildman–Crippen MR) is 152 cm³/mol. The third-order valence-corrected chi connectivity index (χ3v) is 5.77. The first-order valence-corrected chi connectivity index (χ1v) is 12.2. The molecule has 0 bridgehead atoms. The molecule has 4 aromatic carbocycles. The molecule has 2 heterocycles. The summed E-state index contributed by atoms with van der Waals surface area (Å²) in [6.07, 6.45) is 0. The summed E-state index contributed by atoms with van der Waals surface area (Å²) in [4.78, 5) is 19.9. The Morgan fingerprint density at radius 1 is 0.447 bits per heavy atom. The minimum Gasteiger partial charge on any atom is -0.251 e. The van der Waals surface area contributed by atoms with E-state index >= 15 is 0 Å². The first-order chi connectivity index (χ1) is 18.7. The predicted octanol–water partition coefficient (Wildman–Crippen LogP) is 6.37. The van der Waals surface area contributed by atoms with Gasteiger partial charge < -0.3 is 0 Å². The molecule has 6 aromatic rings. The zero-order chi connectivity index (χ0) is 26.2. The van der Waals surface area contributed by atoms with Crippen molar-refractivity contribution in [2.75, 3.05) is 0 Å². The molecule has 8 heteroatoms. The van der Waals surface area contributed by atoms with Gasteiger partial charge in [-0.2, -0.15) is 15.2 Å². The van der Waals surface area contributed by atoms with Crippen molar-refractivity contribution >= 4 is 12.2 Å². The maximum absolute atomic E-state index is 11.4. The van der Waals surface area contributed by atoms with Crippen LogP contribution in [-0.4, -0.2) is 30.4 Å². The van der Waals surface area contributed by atoms with Crippen LogP contribution >= 0.6 is 12.2 Å². The molecule has 7 nitrogen and oxygen atoms in total. The summed E-state index contributed by atoms with van der Waals surface area (Å²) >= 11 is 5.08. The molecule has 38 heavy (non-hydrogen) atoms. The number of hydrogen-bond acceptors (Lipinski definition) is 6. The van der Waals surface area contributed by atoms with Crippen LogP contribution in [0.3, 0.4) is 0 Å². The van der Waals surface area contributed by atoms with Crippen LogP contribution in [0, 0.1) is 4.77 Å². The summed E-state index contributed by atoms with van der Waals surface area (Å²) in [7, 11) is 0. The van der Waals surface area contributed by atoms with Gasteiger partial charge in [-0.25, -0.2) is 14.9 Å². The van der Waals surface area contributed by atoms with Gasteiger partial charge in [0.1, 0.15) is 22.8 Å². The molecule has 0 radical (unpaired) electrons. The Labute approximate surface area is 223 Å². The average Bonchev–Trinajstić information content (AvgIpc) is 2.99. The van der Waals surface area contributed by atoms with E-state index in [1.165, 1.54) is 0 Å². The SMILES string of the molecule is O=c1nc(-c2ccccc2)c(-c2ccccc2)n[nH]1.S=c1nc(-c2ccccc2)c(-c2ccccc2)n[nH]1. The van der Waals surface area contributed by atoms with E-state index in [1.54, 1.807) is 0 Å². The lowest BCUT2D eigenvalue weighted by Gasteiger charge is -2.07. The summed E-state index contributed by atoms with van der Waals surface area (Å²) in [5.41, 5.74) is 6.25. The van der Waals surface area contributed by atoms with Gasteiger partial charge in [-0.15, -0.1) is 0 Å². The number of nitrogens with one attached hydrogen (secondary N) is 2. The number of H-pyrrole nitrogens is 2. The molecule has 184 valence electrons. The van der Waals surface area contributed by atoms with E-state index in [0.717, 1.165) is 33.6 Å². The molecule has 0 amide bonds. The number of aromatic nitrogens is 6. The van der Waals surface area contributed by atoms with E-state index in [2.05, 4.69) is 30.4 Å². The first kappa shape index (κ1) is 24.6. The van der Waals surface area contributed by atoms with Gasteiger partial charge in [0, 0.05) is 22.3 Å². The van der Waals surface area contributed by atoms with Gasteiger partial charge in [0.05, 0.1) is 0 Å². The number of benzene rings is 4. The van der Waals surface area contributed by atoms with Crippen LogP contribution in [0.15, 0.2) is 126 Å². The van der Waals surface area contributed by atoms with Crippen LogP contribution in [0.5, 0.6) is 0 Å². The van der Waals surface area contributed by atoms with Crippen LogP contribution in [0.25, 0.3) is 45.0 Å². The highest BCUT2D eigenvalue weighted by Crippen LogP contribution is 2.28. The third-order valence-electron chi connectivity index (χ3n) is 5.59. The summed E-state index contributed by atoms with van der Waals surface area (Å²) in [6, 6.07) is 39.1. The maximum atomic E-state index is 11.4. The van der Waals surface area contributed by atoms with Crippen molar-refractivity contribution in [3.05, 3.63) is 137 Å². The molecule has 0 spiro atoms. The van der Waals surface area contributed by atoms with Gasteiger partial charge in [0.25, 0.3) is 0 Å². The van der Waals surface area contributed by atoms with Crippen LogP contribution in [-0.2, 0) is 0 Å². The lowest BCUT2D eigenvalue weighted by molar-refractivity contribution is 0.925. The summed E-state index contributed by atoms with van der Waals surface area (Å²) in [6.45, 7) is 0. The van der Waals surface area contributed by atoms with Crippen LogP contribution < -0.4 is 5.69 Å². The number of hydrogen-bond donors (Lipinski definition) is 2. The van der Waals surface area contributed by atoms with E-state index < -0.39 is 5.69 Å². The number of nitrogens with zero attached hydrogens (tertiary/aromatic N) is 4. The molecule has 0 saturated heterocycles. The standard InChI is InChI=1S/C15H11N3O.C15H11N3S/c2*19-15-16-13(11-7-3-1-4-8-11)14(17-18-15)12-9-5-2-6-10-12/h2*1-10H,(H,16,18,19). The Morgan fingerprint density at radius 3 is 1.21 bits per heavy atom. The molecule has 0 atom stereocenters. The van der Waals surface area contributed by atoms with Gasteiger partial charge in [0.2, 0.25) is 4.77 Å². The third kappa shape index (κ3) is 5.83. The average molecular weight is 515 g/mol. The van der Waals surface area contributed by atoms with Crippen molar-refractivity contribution in [1.29, 1.82) is 0 Å². The molecule has 0 aliphatic heterocycles. The highest BCUT2D eigenvalue weighted by Gasteiger charge is 2.12. The Kier molecular flexibility index (Phi) is 7.62. The molecule has 0 saturated carbocycles. The van der Waals surface area contributed by atoms with Crippen molar-refractivity contribution in [3.8, 4) is 45.0 Å². The quantitative estimate of drug-likeness (QED) is 0.265. The fraction of sp³-hybridized carbons (Fsp3) is 0. The Morgan fingerprint density at radius 2 is 0.789 bits per heavy atom. The molecule has 0 aliphatic carbocycles. The van der Waals surface area contributed by atoms with Gasteiger partial charge in [0.15, 0.2) is 0 Å². The lowest BCUT2D eigenvalue weighted by Crippen LogP contribution is -2.14. The Bertz CT molecular complexity index is 1610. The van der Waals surface area contributed by atoms with Crippen molar-refractivity contribution in [1.82, 2.24) is 30.4 Å². The van der Waals surface area contributed by atoms with E-state index in [-0.39, 0.29) is 0 Å². The summed E-state index contributed by atoms with van der Waals surface area (Å²) in [5.74, 6) is 0. The maximum Gasteiger partial charge on any atom is 0.361 e. The zero-order valence-corrected chi connectivity index (χ0v) is 21.0. The van der Waals surface area contributed by atoms with Crippen LogP contribution in [0.4, 0.5) is 0 Å². The molecule has 0 unspecified atom stereocenters. The number of aromatic amines is 2. The molecule has 2 aromatic heterocycles. The first-order valence-electron chi connectivity index (χ1n) is 11.8. The van der Waals surface area contributed by atoms with E-state index in [1.807, 2.05) is 121 Å². The van der Waals surface area contributed by atoms with Gasteiger partial charge in [-0.1, -0.05) is 121 Å². The normalized spacial score (nSPS) is 10.3. The Hall–Kier alpha value is -5.08. The highest BCUT2D eigenvalue weighted by atomic mass is 32.1. The van der Waals surface area contributed by atoms with Crippen molar-refractivity contribution in [2.45, 2.75) is 0 Å².